The number of nitrogens with zero attached hydrogens (tertiary/aromatic N) is 4. The van der Waals surface area contributed by atoms with E-state index in [-0.39, 0.29) is 10.9 Å². The monoisotopic (exact) mass is 552 g/mol. The van der Waals surface area contributed by atoms with Crippen molar-refractivity contribution in [1.82, 2.24) is 15.0 Å². The number of H-pyrrole nitrogens is 1. The van der Waals surface area contributed by atoms with E-state index in [0.717, 1.165) is 60.4 Å². The molecule has 3 aromatic heterocycles. The topological polar surface area (TPSA) is 80.6 Å². The van der Waals surface area contributed by atoms with Crippen LogP contribution < -0.4 is 10.2 Å². The number of aromatic amines is 1. The minimum atomic E-state index is -4.24. The van der Waals surface area contributed by atoms with Crippen LogP contribution in [0.2, 0.25) is 0 Å². The van der Waals surface area contributed by atoms with Crippen LogP contribution in [-0.2, 0) is 6.42 Å². The lowest BCUT2D eigenvalue weighted by atomic mass is 9.89. The van der Waals surface area contributed by atoms with Crippen LogP contribution in [-0.4, -0.2) is 39.8 Å². The third kappa shape index (κ3) is 5.69. The molecule has 2 saturated carbocycles. The summed E-state index contributed by atoms with van der Waals surface area (Å²) in [5, 5.41) is 14.6. The van der Waals surface area contributed by atoms with Crippen molar-refractivity contribution in [2.75, 3.05) is 16.8 Å². The Labute approximate surface area is 229 Å². The molecule has 0 amide bonds. The number of benzene rings is 1. The molecule has 4 aromatic rings. The van der Waals surface area contributed by atoms with E-state index in [1.165, 1.54) is 36.8 Å². The van der Waals surface area contributed by atoms with Gasteiger partial charge in [-0.25, -0.2) is 9.97 Å². The zero-order valence-electron chi connectivity index (χ0n) is 21.8. The first kappa shape index (κ1) is 25.9. The Balaban J connectivity index is 1.17. The van der Waals surface area contributed by atoms with Gasteiger partial charge in [0.05, 0.1) is 11.8 Å². The highest BCUT2D eigenvalue weighted by atomic mass is 32.1. The van der Waals surface area contributed by atoms with E-state index in [9.17, 15) is 18.4 Å². The second-order valence-electron chi connectivity index (χ2n) is 11.0. The first-order chi connectivity index (χ1) is 18.8. The molecule has 10 heteroatoms. The zero-order chi connectivity index (χ0) is 27.1. The van der Waals surface area contributed by atoms with Crippen LogP contribution in [0, 0.1) is 24.2 Å². The maximum absolute atomic E-state index is 12.9. The van der Waals surface area contributed by atoms with Gasteiger partial charge < -0.3 is 15.2 Å². The molecule has 204 valence electrons. The Morgan fingerprint density at radius 3 is 2.62 bits per heavy atom. The Morgan fingerprint density at radius 1 is 1.10 bits per heavy atom. The van der Waals surface area contributed by atoms with Crippen LogP contribution in [0.3, 0.4) is 0 Å². The normalized spacial score (nSPS) is 19.9. The summed E-state index contributed by atoms with van der Waals surface area (Å²) >= 11 is 1.08. The molecule has 1 aromatic carbocycles. The predicted octanol–water partition coefficient (Wildman–Crippen LogP) is 7.49. The van der Waals surface area contributed by atoms with E-state index in [0.29, 0.717) is 27.8 Å². The van der Waals surface area contributed by atoms with E-state index < -0.39 is 12.6 Å². The number of halogens is 3. The van der Waals surface area contributed by atoms with Crippen molar-refractivity contribution < 1.29 is 13.2 Å². The second-order valence-corrected chi connectivity index (χ2v) is 12.1. The predicted molar refractivity (Wildman–Crippen MR) is 149 cm³/mol. The van der Waals surface area contributed by atoms with Gasteiger partial charge in [0.1, 0.15) is 28.7 Å². The molecule has 2 aliphatic rings. The molecule has 2 fully saturated rings. The fourth-order valence-electron chi connectivity index (χ4n) is 5.97. The first-order valence-electron chi connectivity index (χ1n) is 13.6. The molecule has 2 aliphatic carbocycles. The van der Waals surface area contributed by atoms with Crippen LogP contribution >= 0.6 is 11.3 Å². The summed E-state index contributed by atoms with van der Waals surface area (Å²) < 4.78 is 38.8. The summed E-state index contributed by atoms with van der Waals surface area (Å²) in [5.41, 5.74) is 4.02. The molecule has 6 nitrogen and oxygen atoms in total. The largest absolute Gasteiger partial charge is 0.393 e. The average molecular weight is 553 g/mol. The molecule has 0 unspecified atom stereocenters. The van der Waals surface area contributed by atoms with Crippen molar-refractivity contribution >= 4 is 44.0 Å². The van der Waals surface area contributed by atoms with Crippen LogP contribution in [0.1, 0.15) is 61.1 Å². The third-order valence-electron chi connectivity index (χ3n) is 8.18. The van der Waals surface area contributed by atoms with Gasteiger partial charge in [-0.05, 0) is 74.8 Å². The third-order valence-corrected chi connectivity index (χ3v) is 9.23. The number of hydrogen-bond donors (Lipinski definition) is 2. The van der Waals surface area contributed by atoms with E-state index in [4.69, 9.17) is 0 Å². The van der Waals surface area contributed by atoms with Crippen LogP contribution in [0.25, 0.3) is 21.1 Å². The summed E-state index contributed by atoms with van der Waals surface area (Å²) in [7, 11) is 0. The number of nitrogens with one attached hydrogen (secondary N) is 2. The molecule has 0 radical (unpaired) electrons. The number of rotatable bonds is 8. The van der Waals surface area contributed by atoms with Gasteiger partial charge in [-0.2, -0.15) is 18.4 Å². The standard InChI is InChI=1S/C29H31F3N6S/c1-17-23-12-20(15-33)36-25(23)8-9-26(17)38(11-10-18-2-3-18)21-6-4-19(5-7-21)37-27-24-13-22(14-29(30,31)32)39-28(24)35-16-34-27/h8-9,12-13,16,18-19,21,36H,2-7,10-11,14H2,1H3,(H,34,35,37). The van der Waals surface area contributed by atoms with E-state index in [1.54, 1.807) is 6.07 Å². The lowest BCUT2D eigenvalue weighted by Crippen LogP contribution is -2.41. The van der Waals surface area contributed by atoms with Gasteiger partial charge in [0.15, 0.2) is 0 Å². The van der Waals surface area contributed by atoms with Crippen molar-refractivity contribution in [1.29, 1.82) is 5.26 Å². The molecule has 2 N–H and O–H groups in total. The van der Waals surface area contributed by atoms with Gasteiger partial charge in [-0.1, -0.05) is 12.8 Å². The van der Waals surface area contributed by atoms with Crippen LogP contribution in [0.15, 0.2) is 30.6 Å². The SMILES string of the molecule is Cc1c(N(CCC2CC2)C2CCC(Nc3ncnc4sc(CC(F)(F)F)cc34)CC2)ccc2[nH]c(C#N)cc12. The first-order valence-corrected chi connectivity index (χ1v) is 14.4. The fourth-order valence-corrected chi connectivity index (χ4v) is 6.99. The second kappa shape index (κ2) is 10.3. The Morgan fingerprint density at radius 2 is 1.90 bits per heavy atom. The number of alkyl halides is 3. The molecule has 0 atom stereocenters. The molecular weight excluding hydrogens is 521 g/mol. The summed E-state index contributed by atoms with van der Waals surface area (Å²) in [5.74, 6) is 1.46. The van der Waals surface area contributed by atoms with Gasteiger partial charge in [0.25, 0.3) is 0 Å². The van der Waals surface area contributed by atoms with Crippen molar-refractivity contribution in [2.24, 2.45) is 5.92 Å². The van der Waals surface area contributed by atoms with Crippen LogP contribution in [0.5, 0.6) is 0 Å². The van der Waals surface area contributed by atoms with Gasteiger partial charge in [-0.3, -0.25) is 0 Å². The Kier molecular flexibility index (Phi) is 6.88. The Hall–Kier alpha value is -3.32. The number of aryl methyl sites for hydroxylation is 1. The highest BCUT2D eigenvalue weighted by molar-refractivity contribution is 7.18. The van der Waals surface area contributed by atoms with Crippen LogP contribution in [0.4, 0.5) is 24.7 Å². The number of thiophene rings is 1. The van der Waals surface area contributed by atoms with E-state index in [1.807, 2.05) is 6.07 Å². The zero-order valence-corrected chi connectivity index (χ0v) is 22.6. The number of nitriles is 1. The van der Waals surface area contributed by atoms with Gasteiger partial charge >= 0.3 is 6.18 Å². The van der Waals surface area contributed by atoms with Gasteiger partial charge in [-0.15, -0.1) is 11.3 Å². The highest BCUT2D eigenvalue weighted by Gasteiger charge is 2.31. The fraction of sp³-hybridized carbons (Fsp3) is 0.483. The van der Waals surface area contributed by atoms with Gasteiger partial charge in [0, 0.05) is 40.1 Å². The summed E-state index contributed by atoms with van der Waals surface area (Å²) in [6.07, 6.45) is 4.05. The minimum absolute atomic E-state index is 0.210. The molecule has 39 heavy (non-hydrogen) atoms. The highest BCUT2D eigenvalue weighted by Crippen LogP contribution is 2.38. The molecular formula is C29H31F3N6S. The minimum Gasteiger partial charge on any atom is -0.368 e. The Bertz CT molecular complexity index is 1520. The number of anilines is 2. The maximum Gasteiger partial charge on any atom is 0.393 e. The summed E-state index contributed by atoms with van der Waals surface area (Å²) in [6, 6.07) is 10.6. The van der Waals surface area contributed by atoms with Crippen molar-refractivity contribution in [3.05, 3.63) is 46.7 Å². The summed E-state index contributed by atoms with van der Waals surface area (Å²) in [4.78, 5) is 15.2. The molecule has 6 rings (SSSR count). The van der Waals surface area contributed by atoms with Crippen molar-refractivity contribution in [3.63, 3.8) is 0 Å². The smallest absolute Gasteiger partial charge is 0.368 e. The lowest BCUT2D eigenvalue weighted by molar-refractivity contribution is -0.126. The van der Waals surface area contributed by atoms with Crippen molar-refractivity contribution in [2.45, 2.75) is 76.6 Å². The molecule has 0 aliphatic heterocycles. The lowest BCUT2D eigenvalue weighted by Gasteiger charge is -2.39. The van der Waals surface area contributed by atoms with Crippen molar-refractivity contribution in [3.8, 4) is 6.07 Å². The van der Waals surface area contributed by atoms with E-state index in [2.05, 4.69) is 50.3 Å². The number of aromatic nitrogens is 3. The van der Waals surface area contributed by atoms with Gasteiger partial charge in [0.2, 0.25) is 0 Å². The number of hydrogen-bond acceptors (Lipinski definition) is 6. The number of fused-ring (bicyclic) bond motifs is 2. The quantitative estimate of drug-likeness (QED) is 0.237. The molecule has 0 saturated heterocycles. The molecule has 3 heterocycles. The average Bonchev–Trinajstić information content (AvgIpc) is 3.48. The maximum atomic E-state index is 12.9. The van der Waals surface area contributed by atoms with E-state index >= 15 is 0 Å². The summed E-state index contributed by atoms with van der Waals surface area (Å²) in [6.45, 7) is 3.18. The molecule has 0 bridgehead atoms. The molecule has 0 spiro atoms.